The molecule has 540 valence electrons. The lowest BCUT2D eigenvalue weighted by Crippen LogP contribution is -2.41. The number of rotatable bonds is 15. The molecule has 24 nitrogen and oxygen atoms in total. The maximum atomic E-state index is 13.2. The number of nitrogens with zero attached hydrogens (tertiary/aromatic N) is 6. The number of hydrazine groups is 6. The van der Waals surface area contributed by atoms with Crippen molar-refractivity contribution in [3.05, 3.63) is 295 Å². The molecule has 6 heterocycles. The average Bonchev–Trinajstić information content (AvgIpc) is 1.62. The van der Waals surface area contributed by atoms with E-state index < -0.39 is 35.5 Å². The van der Waals surface area contributed by atoms with Crippen LogP contribution < -0.4 is 57.6 Å². The van der Waals surface area contributed by atoms with Crippen LogP contribution in [0.3, 0.4) is 0 Å². The third-order valence-corrected chi connectivity index (χ3v) is 17.7. The Kier molecular flexibility index (Phi) is 25.6. The van der Waals surface area contributed by atoms with E-state index in [9.17, 15) is 57.5 Å². The minimum Gasteiger partial charge on any atom is -0.272 e. The van der Waals surface area contributed by atoms with Crippen LogP contribution in [0.5, 0.6) is 0 Å². The number of amides is 12. The topological polar surface area (TPSA) is 296 Å². The Balaban J connectivity index is 0.000000140. The first-order valence-corrected chi connectivity index (χ1v) is 34.6. The summed E-state index contributed by atoms with van der Waals surface area (Å²) in [7, 11) is 1.56. The second-order valence-electron chi connectivity index (χ2n) is 25.3. The van der Waals surface area contributed by atoms with Crippen LogP contribution in [0.25, 0.3) is 0 Å². The summed E-state index contributed by atoms with van der Waals surface area (Å²) in [6, 6.07) is 83.6. The molecule has 2 atom stereocenters. The van der Waals surface area contributed by atoms with E-state index in [2.05, 4.69) is 39.5 Å². The van der Waals surface area contributed by atoms with Crippen molar-refractivity contribution in [2.45, 2.75) is 64.7 Å². The van der Waals surface area contributed by atoms with Gasteiger partial charge in [0.25, 0.3) is 70.9 Å². The van der Waals surface area contributed by atoms with Crippen molar-refractivity contribution in [3.63, 3.8) is 0 Å². The van der Waals surface area contributed by atoms with Crippen LogP contribution in [0.15, 0.2) is 273 Å². The molecule has 12 amide bonds. The molecule has 6 saturated heterocycles. The summed E-state index contributed by atoms with van der Waals surface area (Å²) in [4.78, 5) is 143. The van der Waals surface area contributed by atoms with Gasteiger partial charge in [-0.1, -0.05) is 246 Å². The SMILES string of the molecule is CC(C)C1C(=O)NNC1=O.CCCCC1C(=O)N(c2ccccc2)N(c2ccccc2)C1=O.CN1NC(=O)C(Cc2ccccc2)C1=O.O=C1C(Cc2ccccc2)C(=O)N(c2ccccc2)N1c1ccccc1.O=C1NN(c2ccccc2)C(=O)C1c1ccccc1.O=C1NNC(=O)C1c1ccccc1. The Bertz CT molecular complexity index is 4410. The van der Waals surface area contributed by atoms with E-state index >= 15 is 0 Å². The number of hydrogen-bond donors (Lipinski definition) is 6. The second kappa shape index (κ2) is 36.0. The van der Waals surface area contributed by atoms with Gasteiger partial charge in [-0.05, 0) is 108 Å². The quantitative estimate of drug-likeness (QED) is 0.0524. The van der Waals surface area contributed by atoms with Crippen LogP contribution in [0.2, 0.25) is 0 Å². The minimum atomic E-state index is -0.763. The fraction of sp³-hybridized carbons (Fsp3) is 0.195. The molecule has 9 aromatic rings. The lowest BCUT2D eigenvalue weighted by Gasteiger charge is -2.27. The molecule has 2 unspecified atom stereocenters. The first kappa shape index (κ1) is 75.3. The van der Waals surface area contributed by atoms with Gasteiger partial charge in [-0.25, -0.2) is 25.0 Å². The number of para-hydroxylation sites is 5. The predicted molar refractivity (Wildman–Crippen MR) is 398 cm³/mol. The lowest BCUT2D eigenvalue weighted by molar-refractivity contribution is -0.132. The number of hydrogen-bond acceptors (Lipinski definition) is 12. The summed E-state index contributed by atoms with van der Waals surface area (Å²) in [6.45, 7) is 5.75. The molecule has 6 fully saturated rings. The summed E-state index contributed by atoms with van der Waals surface area (Å²) in [5, 5.41) is 8.56. The summed E-state index contributed by atoms with van der Waals surface area (Å²) >= 11 is 0. The van der Waals surface area contributed by atoms with E-state index in [0.29, 0.717) is 53.3 Å². The molecule has 0 spiro atoms. The summed E-state index contributed by atoms with van der Waals surface area (Å²) < 4.78 is 0. The van der Waals surface area contributed by atoms with Crippen LogP contribution in [-0.2, 0) is 70.4 Å². The van der Waals surface area contributed by atoms with Crippen molar-refractivity contribution in [3.8, 4) is 0 Å². The first-order chi connectivity index (χ1) is 51.4. The summed E-state index contributed by atoms with van der Waals surface area (Å²) in [5.41, 5.74) is 21.1. The van der Waals surface area contributed by atoms with E-state index in [0.717, 1.165) is 29.5 Å². The average molecular weight is 1430 g/mol. The largest absolute Gasteiger partial charge is 0.272 e. The van der Waals surface area contributed by atoms with Crippen molar-refractivity contribution in [1.82, 2.24) is 37.6 Å². The number of carbonyl (C=O) groups excluding carboxylic acids is 12. The van der Waals surface area contributed by atoms with Crippen LogP contribution in [0, 0.1) is 29.6 Å². The third-order valence-electron chi connectivity index (χ3n) is 17.7. The van der Waals surface area contributed by atoms with Gasteiger partial charge in [0, 0.05) is 7.05 Å². The molecular weight excluding hydrogens is 1340 g/mol. The number of unbranched alkanes of at least 4 members (excludes halogenated alkanes) is 1. The van der Waals surface area contributed by atoms with Crippen molar-refractivity contribution in [2.24, 2.45) is 29.6 Å². The van der Waals surface area contributed by atoms with Crippen molar-refractivity contribution in [1.29, 1.82) is 0 Å². The van der Waals surface area contributed by atoms with Crippen LogP contribution in [0.4, 0.5) is 28.4 Å². The highest BCUT2D eigenvalue weighted by atomic mass is 16.2. The van der Waals surface area contributed by atoms with Gasteiger partial charge in [0.05, 0.1) is 28.4 Å². The normalized spacial score (nSPS) is 17.2. The smallest absolute Gasteiger partial charge is 0.262 e. The molecule has 0 aliphatic carbocycles. The molecule has 106 heavy (non-hydrogen) atoms. The van der Waals surface area contributed by atoms with E-state index in [4.69, 9.17) is 0 Å². The summed E-state index contributed by atoms with van der Waals surface area (Å²) in [5.74, 6) is -6.40. The Hall–Kier alpha value is -13.4. The maximum absolute atomic E-state index is 13.2. The zero-order valence-electron chi connectivity index (χ0n) is 58.6. The second-order valence-corrected chi connectivity index (χ2v) is 25.3. The number of anilines is 5. The van der Waals surface area contributed by atoms with Crippen molar-refractivity contribution < 1.29 is 57.5 Å². The van der Waals surface area contributed by atoms with E-state index in [-0.39, 0.29) is 76.8 Å². The summed E-state index contributed by atoms with van der Waals surface area (Å²) in [6.07, 6.45) is 3.29. The fourth-order valence-electron chi connectivity index (χ4n) is 12.3. The molecule has 6 aliphatic rings. The molecule has 0 aromatic heterocycles. The molecule has 0 saturated carbocycles. The first-order valence-electron chi connectivity index (χ1n) is 34.6. The van der Waals surface area contributed by atoms with Gasteiger partial charge < -0.3 is 0 Å². The Labute approximate surface area is 613 Å². The Morgan fingerprint density at radius 3 is 0.953 bits per heavy atom. The molecule has 9 aromatic carbocycles. The maximum Gasteiger partial charge on any atom is 0.262 e. The molecular formula is C82H80N12O12. The van der Waals surface area contributed by atoms with Crippen LogP contribution >= 0.6 is 0 Å². The fourth-order valence-corrected chi connectivity index (χ4v) is 12.3. The molecule has 6 aliphatic heterocycles. The number of nitrogens with one attached hydrogen (secondary N) is 6. The van der Waals surface area contributed by atoms with Crippen molar-refractivity contribution >= 4 is 99.3 Å². The highest BCUT2D eigenvalue weighted by molar-refractivity contribution is 6.24. The molecule has 24 heteroatoms. The van der Waals surface area contributed by atoms with E-state index in [1.54, 1.807) is 55.6 Å². The zero-order valence-corrected chi connectivity index (χ0v) is 58.6. The third kappa shape index (κ3) is 18.1. The molecule has 0 bridgehead atoms. The van der Waals surface area contributed by atoms with Gasteiger partial charge in [-0.3, -0.25) is 95.1 Å². The van der Waals surface area contributed by atoms with Gasteiger partial charge in [-0.15, -0.1) is 0 Å². The van der Waals surface area contributed by atoms with Crippen molar-refractivity contribution in [2.75, 3.05) is 32.1 Å². The van der Waals surface area contributed by atoms with Gasteiger partial charge in [0.2, 0.25) is 0 Å². The van der Waals surface area contributed by atoms with Crippen LogP contribution in [0.1, 0.15) is 74.1 Å². The van der Waals surface area contributed by atoms with Crippen LogP contribution in [-0.4, -0.2) is 82.9 Å². The zero-order chi connectivity index (χ0) is 75.2. The molecule has 6 N–H and O–H groups in total. The van der Waals surface area contributed by atoms with Gasteiger partial charge in [0.15, 0.2) is 0 Å². The standard InChI is InChI=1S/C22H18N2O2.C19H20N2O2.C15H12N2O2.C11H12N2O2.C9H8N2O2.C6H10N2O2/c25-21-20(16-17-10-4-1-5-11-17)22(26)24(19-14-8-3-9-15-19)23(21)18-12-6-2-7-13-18;1-2-3-14-17-18(22)20(15-10-6-4-7-11-15)21(19(17)23)16-12-8-5-9-13-16;18-14-13(11-7-3-1-4-8-11)15(19)17(16-14)12-9-5-2-6-10-12;1-13-11(15)9(10(14)12-13)7-8-5-3-2-4-6-8;12-8-7(9(13)11-10-8)6-4-2-1-3-5-6;1-3(2)4-5(9)7-8-6(4)10/h1-15,20H,16H2;4-13,17H,2-3,14H2,1H3;1-10,13H,(H,16,18);2-6,9H,7H2,1H3,(H,12,14);1-5,7H,(H,10,12)(H,11,13);3-4H,1-2H3,(H,7,9)(H,8,10). The molecule has 15 rings (SSSR count). The van der Waals surface area contributed by atoms with Gasteiger partial charge in [-0.2, -0.15) is 0 Å². The Morgan fingerprint density at radius 2 is 0.623 bits per heavy atom. The predicted octanol–water partition coefficient (Wildman–Crippen LogP) is 9.18. The molecule has 0 radical (unpaired) electrons. The highest BCUT2D eigenvalue weighted by Gasteiger charge is 2.49. The Morgan fingerprint density at radius 1 is 0.311 bits per heavy atom. The van der Waals surface area contributed by atoms with E-state index in [1.165, 1.54) is 30.1 Å². The highest BCUT2D eigenvalue weighted by Crippen LogP contribution is 2.36. The number of carbonyl (C=O) groups is 12. The minimum absolute atomic E-state index is 0.0718. The number of benzene rings is 9. The van der Waals surface area contributed by atoms with Gasteiger partial charge in [0.1, 0.15) is 35.5 Å². The monoisotopic (exact) mass is 1420 g/mol. The van der Waals surface area contributed by atoms with E-state index in [1.807, 2.05) is 238 Å². The van der Waals surface area contributed by atoms with Gasteiger partial charge >= 0.3 is 0 Å². The lowest BCUT2D eigenvalue weighted by atomic mass is 9.96.